The first-order chi connectivity index (χ1) is 13.8. The van der Waals surface area contributed by atoms with E-state index in [0.717, 1.165) is 12.8 Å². The zero-order valence-electron chi connectivity index (χ0n) is 16.3. The van der Waals surface area contributed by atoms with Gasteiger partial charge in [-0.25, -0.2) is 13.2 Å². The molecule has 3 rings (SSSR count). The van der Waals surface area contributed by atoms with Crippen LogP contribution in [0.5, 0.6) is 5.75 Å². The van der Waals surface area contributed by atoms with Gasteiger partial charge in [-0.3, -0.25) is 0 Å². The fourth-order valence-corrected chi connectivity index (χ4v) is 3.84. The Hall–Kier alpha value is -2.62. The van der Waals surface area contributed by atoms with E-state index < -0.39 is 15.9 Å². The van der Waals surface area contributed by atoms with Crippen LogP contribution in [0.1, 0.15) is 43.3 Å². The van der Waals surface area contributed by atoms with Crippen molar-refractivity contribution in [2.75, 3.05) is 26.0 Å². The van der Waals surface area contributed by atoms with Crippen molar-refractivity contribution < 1.29 is 27.6 Å². The van der Waals surface area contributed by atoms with Gasteiger partial charge in [0.15, 0.2) is 15.7 Å². The molecule has 29 heavy (non-hydrogen) atoms. The molecular formula is C19H25N3O6S. The minimum Gasteiger partial charge on any atom is -0.494 e. The summed E-state index contributed by atoms with van der Waals surface area (Å²) in [7, 11) is -3.20. The third-order valence-electron chi connectivity index (χ3n) is 4.91. The largest absolute Gasteiger partial charge is 0.494 e. The SMILES string of the molecule is CS(=O)(=O)c1ccc(OCCCCc2noc(C3CCN(C(=O)O)CC3)n2)cc1. The number of benzene rings is 1. The highest BCUT2D eigenvalue weighted by molar-refractivity contribution is 7.90. The topological polar surface area (TPSA) is 123 Å². The number of likely N-dealkylation sites (tertiary alicyclic amines) is 1. The van der Waals surface area contributed by atoms with Crippen molar-refractivity contribution in [3.05, 3.63) is 36.0 Å². The molecule has 0 aliphatic carbocycles. The van der Waals surface area contributed by atoms with Gasteiger partial charge in [0, 0.05) is 31.7 Å². The summed E-state index contributed by atoms with van der Waals surface area (Å²) in [6.07, 6.45) is 3.98. The van der Waals surface area contributed by atoms with E-state index in [9.17, 15) is 13.2 Å². The van der Waals surface area contributed by atoms with Crippen LogP contribution in [-0.4, -0.2) is 60.6 Å². The molecule has 0 unspecified atom stereocenters. The van der Waals surface area contributed by atoms with Crippen LogP contribution in [0.15, 0.2) is 33.7 Å². The Kier molecular flexibility index (Phi) is 6.73. The minimum absolute atomic E-state index is 0.116. The third kappa shape index (κ3) is 5.93. The van der Waals surface area contributed by atoms with Gasteiger partial charge in [0.1, 0.15) is 5.75 Å². The quantitative estimate of drug-likeness (QED) is 0.643. The standard InChI is InChI=1S/C19H25N3O6S/c1-29(25,26)16-7-5-15(6-8-16)27-13-3-2-4-17-20-18(28-21-17)14-9-11-22(12-10-14)19(23)24/h5-8,14H,2-4,9-13H2,1H3,(H,23,24). The van der Waals surface area contributed by atoms with Crippen molar-refractivity contribution in [2.24, 2.45) is 0 Å². The predicted octanol–water partition coefficient (Wildman–Crippen LogP) is 2.73. The molecule has 0 spiro atoms. The van der Waals surface area contributed by atoms with Crippen LogP contribution in [0.25, 0.3) is 0 Å². The zero-order valence-corrected chi connectivity index (χ0v) is 17.1. The van der Waals surface area contributed by atoms with Gasteiger partial charge in [-0.1, -0.05) is 5.16 Å². The van der Waals surface area contributed by atoms with Crippen molar-refractivity contribution in [2.45, 2.75) is 42.9 Å². The van der Waals surface area contributed by atoms with E-state index in [1.54, 1.807) is 12.1 Å². The summed E-state index contributed by atoms with van der Waals surface area (Å²) in [4.78, 5) is 17.1. The predicted molar refractivity (Wildman–Crippen MR) is 104 cm³/mol. The minimum atomic E-state index is -3.20. The number of piperidine rings is 1. The number of ether oxygens (including phenoxy) is 1. The molecule has 0 atom stereocenters. The van der Waals surface area contributed by atoms with Crippen molar-refractivity contribution in [3.8, 4) is 5.75 Å². The first-order valence-corrected chi connectivity index (χ1v) is 11.5. The molecular weight excluding hydrogens is 398 g/mol. The molecule has 0 bridgehead atoms. The Labute approximate surface area is 169 Å². The second-order valence-electron chi connectivity index (χ2n) is 7.14. The molecule has 158 valence electrons. The third-order valence-corrected chi connectivity index (χ3v) is 6.04. The van der Waals surface area contributed by atoms with Crippen LogP contribution in [0, 0.1) is 0 Å². The highest BCUT2D eigenvalue weighted by atomic mass is 32.2. The van der Waals surface area contributed by atoms with Gasteiger partial charge in [-0.2, -0.15) is 4.98 Å². The summed E-state index contributed by atoms with van der Waals surface area (Å²) in [5, 5.41) is 13.0. The van der Waals surface area contributed by atoms with Gasteiger partial charge in [-0.15, -0.1) is 0 Å². The fourth-order valence-electron chi connectivity index (χ4n) is 3.21. The summed E-state index contributed by atoms with van der Waals surface area (Å²) in [6, 6.07) is 6.37. The molecule has 1 fully saturated rings. The van der Waals surface area contributed by atoms with Crippen molar-refractivity contribution in [1.29, 1.82) is 0 Å². The number of amides is 1. The molecule has 0 radical (unpaired) electrons. The van der Waals surface area contributed by atoms with E-state index >= 15 is 0 Å². The fraction of sp³-hybridized carbons (Fsp3) is 0.526. The average molecular weight is 423 g/mol. The molecule has 2 heterocycles. The summed E-state index contributed by atoms with van der Waals surface area (Å²) in [5.74, 6) is 1.99. The zero-order chi connectivity index (χ0) is 20.9. The van der Waals surface area contributed by atoms with Crippen molar-refractivity contribution in [1.82, 2.24) is 15.0 Å². The monoisotopic (exact) mass is 423 g/mol. The number of aryl methyl sites for hydroxylation is 1. The lowest BCUT2D eigenvalue weighted by Crippen LogP contribution is -2.36. The maximum Gasteiger partial charge on any atom is 0.407 e. The molecule has 1 aliphatic heterocycles. The van der Waals surface area contributed by atoms with Crippen LogP contribution < -0.4 is 4.74 Å². The van der Waals surface area contributed by atoms with Gasteiger partial charge in [0.2, 0.25) is 5.89 Å². The van der Waals surface area contributed by atoms with Crippen molar-refractivity contribution in [3.63, 3.8) is 0 Å². The van der Waals surface area contributed by atoms with Crippen LogP contribution in [-0.2, 0) is 16.3 Å². The second kappa shape index (κ2) is 9.25. The number of hydrogen-bond donors (Lipinski definition) is 1. The first-order valence-electron chi connectivity index (χ1n) is 9.56. The molecule has 1 aromatic heterocycles. The van der Waals surface area contributed by atoms with Crippen LogP contribution in [0.2, 0.25) is 0 Å². The van der Waals surface area contributed by atoms with E-state index in [-0.39, 0.29) is 10.8 Å². The Morgan fingerprint density at radius 3 is 2.55 bits per heavy atom. The highest BCUT2D eigenvalue weighted by Crippen LogP contribution is 2.27. The Balaban J connectivity index is 1.37. The number of carbonyl (C=O) groups is 1. The van der Waals surface area contributed by atoms with Gasteiger partial charge < -0.3 is 19.3 Å². The number of aromatic nitrogens is 2. The van der Waals surface area contributed by atoms with Crippen LogP contribution >= 0.6 is 0 Å². The summed E-state index contributed by atoms with van der Waals surface area (Å²) in [6.45, 7) is 1.48. The number of hydrogen-bond acceptors (Lipinski definition) is 7. The van der Waals surface area contributed by atoms with E-state index in [0.29, 0.717) is 56.4 Å². The van der Waals surface area contributed by atoms with Gasteiger partial charge in [0.25, 0.3) is 0 Å². The van der Waals surface area contributed by atoms with Gasteiger partial charge in [0.05, 0.1) is 11.5 Å². The van der Waals surface area contributed by atoms with E-state index in [1.807, 2.05) is 0 Å². The maximum absolute atomic E-state index is 11.4. The van der Waals surface area contributed by atoms with Gasteiger partial charge in [-0.05, 0) is 49.9 Å². The molecule has 1 saturated heterocycles. The number of carboxylic acid groups (broad SMARTS) is 1. The van der Waals surface area contributed by atoms with E-state index in [1.165, 1.54) is 23.3 Å². The molecule has 1 aliphatic rings. The van der Waals surface area contributed by atoms with E-state index in [2.05, 4.69) is 10.1 Å². The normalized spacial score (nSPS) is 15.4. The number of sulfone groups is 1. The number of rotatable bonds is 8. The number of unbranched alkanes of at least 4 members (excludes halogenated alkanes) is 1. The Morgan fingerprint density at radius 1 is 1.24 bits per heavy atom. The summed E-state index contributed by atoms with van der Waals surface area (Å²) < 4.78 is 33.9. The molecule has 2 aromatic rings. The van der Waals surface area contributed by atoms with Crippen LogP contribution in [0.3, 0.4) is 0 Å². The molecule has 1 N–H and O–H groups in total. The summed E-state index contributed by atoms with van der Waals surface area (Å²) in [5.41, 5.74) is 0. The molecule has 1 amide bonds. The van der Waals surface area contributed by atoms with E-state index in [4.69, 9.17) is 14.4 Å². The second-order valence-corrected chi connectivity index (χ2v) is 9.16. The lowest BCUT2D eigenvalue weighted by atomic mass is 9.97. The molecule has 1 aromatic carbocycles. The highest BCUT2D eigenvalue weighted by Gasteiger charge is 2.27. The Bertz CT molecular complexity index is 918. The van der Waals surface area contributed by atoms with Crippen molar-refractivity contribution >= 4 is 15.9 Å². The number of nitrogens with zero attached hydrogens (tertiary/aromatic N) is 3. The smallest absolute Gasteiger partial charge is 0.407 e. The lowest BCUT2D eigenvalue weighted by molar-refractivity contribution is 0.128. The first kappa shape index (κ1) is 21.1. The maximum atomic E-state index is 11.4. The lowest BCUT2D eigenvalue weighted by Gasteiger charge is -2.27. The molecule has 0 saturated carbocycles. The summed E-state index contributed by atoms with van der Waals surface area (Å²) >= 11 is 0. The molecule has 9 nitrogen and oxygen atoms in total. The van der Waals surface area contributed by atoms with Crippen LogP contribution in [0.4, 0.5) is 4.79 Å². The molecule has 10 heteroatoms. The Morgan fingerprint density at radius 2 is 1.93 bits per heavy atom. The average Bonchev–Trinajstić information content (AvgIpc) is 3.16. The van der Waals surface area contributed by atoms with Gasteiger partial charge >= 0.3 is 6.09 Å².